The fraction of sp³-hybridized carbons (Fsp3) is 0.500. The fourth-order valence-corrected chi connectivity index (χ4v) is 2.38. The van der Waals surface area contributed by atoms with Gasteiger partial charge in [-0.2, -0.15) is 5.26 Å². The van der Waals surface area contributed by atoms with E-state index in [0.717, 1.165) is 17.9 Å². The van der Waals surface area contributed by atoms with Crippen molar-refractivity contribution in [1.82, 2.24) is 10.2 Å². The van der Waals surface area contributed by atoms with Gasteiger partial charge in [0.2, 0.25) is 5.91 Å². The zero-order chi connectivity index (χ0) is 14.9. The van der Waals surface area contributed by atoms with Crippen molar-refractivity contribution < 1.29 is 9.53 Å². The molecule has 1 aromatic rings. The number of hydrogen-bond donors (Lipinski definition) is 1. The largest absolute Gasteiger partial charge is 0.492 e. The summed E-state index contributed by atoms with van der Waals surface area (Å²) in [6.45, 7) is 4.42. The molecule has 1 heterocycles. The Hall–Kier alpha value is -2.06. The molecule has 1 aliphatic rings. The van der Waals surface area contributed by atoms with Crippen molar-refractivity contribution >= 4 is 5.91 Å². The maximum Gasteiger partial charge on any atom is 0.234 e. The third kappa shape index (κ3) is 5.44. The molecular weight excluding hydrogens is 266 g/mol. The van der Waals surface area contributed by atoms with Crippen LogP contribution in [0.15, 0.2) is 24.3 Å². The molecule has 0 bridgehead atoms. The maximum atomic E-state index is 11.2. The number of likely N-dealkylation sites (tertiary alicyclic amines) is 1. The summed E-state index contributed by atoms with van der Waals surface area (Å²) in [6, 6.07) is 9.52. The van der Waals surface area contributed by atoms with E-state index in [2.05, 4.69) is 10.2 Å². The highest BCUT2D eigenvalue weighted by atomic mass is 16.5. The molecule has 1 N–H and O–H groups in total. The van der Waals surface area contributed by atoms with Crippen molar-refractivity contribution in [3.05, 3.63) is 29.8 Å². The highest BCUT2D eigenvalue weighted by molar-refractivity contribution is 5.77. The zero-order valence-electron chi connectivity index (χ0n) is 12.2. The third-order valence-electron chi connectivity index (χ3n) is 3.50. The molecule has 1 saturated heterocycles. The van der Waals surface area contributed by atoms with Gasteiger partial charge in [0.05, 0.1) is 6.07 Å². The quantitative estimate of drug-likeness (QED) is 0.829. The van der Waals surface area contributed by atoms with Gasteiger partial charge in [-0.3, -0.25) is 9.69 Å². The number of carbonyl (C=O) groups excluding carboxylic acids is 1. The van der Waals surface area contributed by atoms with Gasteiger partial charge >= 0.3 is 0 Å². The summed E-state index contributed by atoms with van der Waals surface area (Å²) in [4.78, 5) is 13.7. The fourth-order valence-electron chi connectivity index (χ4n) is 2.38. The summed E-state index contributed by atoms with van der Waals surface area (Å²) in [5.41, 5.74) is 0.972. The van der Waals surface area contributed by atoms with Crippen LogP contribution in [-0.2, 0) is 11.3 Å². The van der Waals surface area contributed by atoms with Crippen LogP contribution in [0.5, 0.6) is 5.75 Å². The van der Waals surface area contributed by atoms with E-state index in [1.807, 2.05) is 30.3 Å². The minimum atomic E-state index is -0.252. The molecule has 5 heteroatoms. The zero-order valence-corrected chi connectivity index (χ0v) is 12.2. The smallest absolute Gasteiger partial charge is 0.234 e. The lowest BCUT2D eigenvalue weighted by Gasteiger charge is -2.15. The first-order chi connectivity index (χ1) is 10.3. The lowest BCUT2D eigenvalue weighted by atomic mass is 10.2. The molecule has 5 nitrogen and oxygen atoms in total. The van der Waals surface area contributed by atoms with E-state index in [0.29, 0.717) is 13.2 Å². The average Bonchev–Trinajstić information content (AvgIpc) is 2.99. The number of hydrogen-bond acceptors (Lipinski definition) is 4. The van der Waals surface area contributed by atoms with Gasteiger partial charge in [0.25, 0.3) is 0 Å². The molecule has 112 valence electrons. The van der Waals surface area contributed by atoms with Gasteiger partial charge in [0, 0.05) is 13.1 Å². The normalized spacial score (nSPS) is 14.6. The van der Waals surface area contributed by atoms with E-state index in [1.165, 1.54) is 25.9 Å². The summed E-state index contributed by atoms with van der Waals surface area (Å²) in [6.07, 6.45) is 2.47. The highest BCUT2D eigenvalue weighted by Gasteiger charge is 2.10. The van der Waals surface area contributed by atoms with Crippen LogP contribution in [0.3, 0.4) is 0 Å². The first kappa shape index (κ1) is 15.3. The summed E-state index contributed by atoms with van der Waals surface area (Å²) in [5.74, 6) is 0.569. The summed E-state index contributed by atoms with van der Waals surface area (Å²) in [7, 11) is 0. The molecule has 1 aromatic carbocycles. The second-order valence-corrected chi connectivity index (χ2v) is 5.16. The predicted octanol–water partition coefficient (Wildman–Crippen LogP) is 1.69. The van der Waals surface area contributed by atoms with Crippen molar-refractivity contribution in [2.24, 2.45) is 0 Å². The number of benzene rings is 1. The van der Waals surface area contributed by atoms with E-state index in [1.54, 1.807) is 0 Å². The molecule has 0 aromatic heterocycles. The van der Waals surface area contributed by atoms with E-state index in [4.69, 9.17) is 10.00 Å². The first-order valence-corrected chi connectivity index (χ1v) is 7.35. The van der Waals surface area contributed by atoms with Crippen molar-refractivity contribution in [1.29, 1.82) is 5.26 Å². The number of nitrogens with one attached hydrogen (secondary N) is 1. The van der Waals surface area contributed by atoms with Crippen LogP contribution in [0.4, 0.5) is 0 Å². The Kier molecular flexibility index (Phi) is 6.04. The summed E-state index contributed by atoms with van der Waals surface area (Å²) >= 11 is 0. The number of nitrogens with zero attached hydrogens (tertiary/aromatic N) is 2. The molecule has 1 amide bonds. The van der Waals surface area contributed by atoms with Crippen LogP contribution in [0.2, 0.25) is 0 Å². The minimum absolute atomic E-state index is 0.105. The topological polar surface area (TPSA) is 65.4 Å². The Morgan fingerprint density at radius 1 is 1.38 bits per heavy atom. The molecule has 0 saturated carbocycles. The van der Waals surface area contributed by atoms with Crippen LogP contribution in [0.25, 0.3) is 0 Å². The van der Waals surface area contributed by atoms with Crippen LogP contribution in [0.1, 0.15) is 24.8 Å². The van der Waals surface area contributed by atoms with Gasteiger partial charge in [-0.25, -0.2) is 0 Å². The number of carbonyl (C=O) groups is 1. The lowest BCUT2D eigenvalue weighted by molar-refractivity contribution is -0.120. The number of nitriles is 1. The molecule has 0 aliphatic carbocycles. The van der Waals surface area contributed by atoms with Crippen molar-refractivity contribution in [3.63, 3.8) is 0 Å². The molecular formula is C16H21N3O2. The van der Waals surface area contributed by atoms with E-state index >= 15 is 0 Å². The second-order valence-electron chi connectivity index (χ2n) is 5.16. The van der Waals surface area contributed by atoms with E-state index < -0.39 is 0 Å². The van der Waals surface area contributed by atoms with Gasteiger partial charge in [-0.15, -0.1) is 0 Å². The van der Waals surface area contributed by atoms with Gasteiger partial charge in [0.15, 0.2) is 0 Å². The van der Waals surface area contributed by atoms with E-state index in [-0.39, 0.29) is 12.3 Å². The van der Waals surface area contributed by atoms with Crippen LogP contribution in [-0.4, -0.2) is 37.0 Å². The standard InChI is InChI=1S/C16H21N3O2/c17-7-6-16(20)18-13-14-4-3-5-15(12-14)21-11-10-19-8-1-2-9-19/h3-5,12H,1-2,6,8-11,13H2,(H,18,20). The van der Waals surface area contributed by atoms with Gasteiger partial charge in [-0.1, -0.05) is 12.1 Å². The summed E-state index contributed by atoms with van der Waals surface area (Å²) in [5, 5.41) is 11.1. The maximum absolute atomic E-state index is 11.2. The molecule has 2 rings (SSSR count). The molecule has 0 radical (unpaired) electrons. The van der Waals surface area contributed by atoms with E-state index in [9.17, 15) is 4.79 Å². The Bertz CT molecular complexity index is 504. The Labute approximate surface area is 125 Å². The van der Waals surface area contributed by atoms with Crippen LogP contribution < -0.4 is 10.1 Å². The van der Waals surface area contributed by atoms with Gasteiger partial charge in [-0.05, 0) is 43.6 Å². The monoisotopic (exact) mass is 287 g/mol. The minimum Gasteiger partial charge on any atom is -0.492 e. The average molecular weight is 287 g/mol. The van der Waals surface area contributed by atoms with Gasteiger partial charge < -0.3 is 10.1 Å². The molecule has 0 unspecified atom stereocenters. The number of ether oxygens (including phenoxy) is 1. The molecule has 0 spiro atoms. The second kappa shape index (κ2) is 8.28. The Morgan fingerprint density at radius 3 is 2.95 bits per heavy atom. The first-order valence-electron chi connectivity index (χ1n) is 7.35. The third-order valence-corrected chi connectivity index (χ3v) is 3.50. The lowest BCUT2D eigenvalue weighted by Crippen LogP contribution is -2.25. The predicted molar refractivity (Wildman–Crippen MR) is 79.7 cm³/mol. The van der Waals surface area contributed by atoms with Crippen molar-refractivity contribution in [3.8, 4) is 11.8 Å². The molecule has 21 heavy (non-hydrogen) atoms. The number of amides is 1. The highest BCUT2D eigenvalue weighted by Crippen LogP contribution is 2.14. The van der Waals surface area contributed by atoms with Crippen LogP contribution >= 0.6 is 0 Å². The SMILES string of the molecule is N#CCC(=O)NCc1cccc(OCCN2CCCC2)c1. The Balaban J connectivity index is 1.74. The Morgan fingerprint density at radius 2 is 2.19 bits per heavy atom. The van der Waals surface area contributed by atoms with Crippen molar-refractivity contribution in [2.45, 2.75) is 25.8 Å². The molecule has 1 fully saturated rings. The number of rotatable bonds is 7. The molecule has 1 aliphatic heterocycles. The van der Waals surface area contributed by atoms with Gasteiger partial charge in [0.1, 0.15) is 18.8 Å². The summed E-state index contributed by atoms with van der Waals surface area (Å²) < 4.78 is 5.76. The van der Waals surface area contributed by atoms with Crippen molar-refractivity contribution in [2.75, 3.05) is 26.2 Å². The molecule has 0 atom stereocenters. The van der Waals surface area contributed by atoms with Crippen LogP contribution in [0, 0.1) is 11.3 Å².